The van der Waals surface area contributed by atoms with Gasteiger partial charge in [0, 0.05) is 21.4 Å². The normalized spacial score (nSPS) is 11.1. The molecule has 3 aromatic heterocycles. The monoisotopic (exact) mass is 479 g/mol. The number of fused-ring (bicyclic) bond motifs is 1. The number of nitrogens with zero attached hydrogens (tertiary/aromatic N) is 3. The number of thiophene rings is 1. The minimum absolute atomic E-state index is 0.0559. The summed E-state index contributed by atoms with van der Waals surface area (Å²) in [6.45, 7) is 8.08. The van der Waals surface area contributed by atoms with Gasteiger partial charge >= 0.3 is 11.9 Å². The molecule has 0 bridgehead atoms. The first kappa shape index (κ1) is 23.4. The fraction of sp³-hybridized carbons (Fsp3) is 0.280. The number of aryl methyl sites for hydroxylation is 2. The van der Waals surface area contributed by atoms with Crippen LogP contribution >= 0.6 is 11.3 Å². The third-order valence-electron chi connectivity index (χ3n) is 5.38. The summed E-state index contributed by atoms with van der Waals surface area (Å²) in [7, 11) is 2.73. The van der Waals surface area contributed by atoms with Gasteiger partial charge in [-0.25, -0.2) is 19.3 Å². The van der Waals surface area contributed by atoms with Crippen LogP contribution in [0.25, 0.3) is 22.3 Å². The molecule has 1 aromatic carbocycles. The summed E-state index contributed by atoms with van der Waals surface area (Å²) >= 11 is 1.68. The Morgan fingerprint density at radius 2 is 1.79 bits per heavy atom. The van der Waals surface area contributed by atoms with E-state index in [2.05, 4.69) is 11.2 Å². The van der Waals surface area contributed by atoms with Crippen molar-refractivity contribution in [1.29, 1.82) is 0 Å². The highest BCUT2D eigenvalue weighted by Crippen LogP contribution is 2.34. The van der Waals surface area contributed by atoms with E-state index in [-0.39, 0.29) is 23.1 Å². The molecule has 0 aliphatic rings. The lowest BCUT2D eigenvalue weighted by molar-refractivity contribution is 0.0600. The smallest absolute Gasteiger partial charge is 0.344 e. The van der Waals surface area contributed by atoms with Crippen LogP contribution in [-0.4, -0.2) is 40.9 Å². The number of carbonyl (C=O) groups excluding carboxylic acids is 2. The van der Waals surface area contributed by atoms with Crippen molar-refractivity contribution >= 4 is 34.3 Å². The first-order chi connectivity index (χ1) is 16.2. The number of esters is 2. The maximum Gasteiger partial charge on any atom is 0.344 e. The van der Waals surface area contributed by atoms with Crippen LogP contribution in [-0.2, 0) is 4.74 Å². The van der Waals surface area contributed by atoms with E-state index >= 15 is 0 Å². The maximum atomic E-state index is 13.4. The number of pyridine rings is 1. The number of rotatable bonds is 6. The van der Waals surface area contributed by atoms with Crippen LogP contribution in [0.4, 0.5) is 0 Å². The standard InChI is InChI=1S/C25H25N3O5S/c1-13(2)28-23-19(12-26-28)18(11-20(27-23)17-9-14(3)34-15(17)4)25(30)33-21-8-7-16(24(29)32-6)10-22(21)31-5/h7-13H,1-6H3. The van der Waals surface area contributed by atoms with Crippen LogP contribution in [0, 0.1) is 13.8 Å². The van der Waals surface area contributed by atoms with E-state index in [1.54, 1.807) is 28.3 Å². The van der Waals surface area contributed by atoms with E-state index in [0.717, 1.165) is 15.3 Å². The number of benzene rings is 1. The molecule has 34 heavy (non-hydrogen) atoms. The van der Waals surface area contributed by atoms with E-state index in [1.165, 1.54) is 32.4 Å². The molecule has 0 fully saturated rings. The predicted molar refractivity (Wildman–Crippen MR) is 130 cm³/mol. The Labute approximate surface area is 201 Å². The van der Waals surface area contributed by atoms with Gasteiger partial charge in [0.15, 0.2) is 17.1 Å². The second kappa shape index (κ2) is 9.26. The summed E-state index contributed by atoms with van der Waals surface area (Å²) in [4.78, 5) is 32.4. The van der Waals surface area contributed by atoms with Gasteiger partial charge < -0.3 is 14.2 Å². The topological polar surface area (TPSA) is 92.5 Å². The highest BCUT2D eigenvalue weighted by Gasteiger charge is 2.22. The van der Waals surface area contributed by atoms with E-state index < -0.39 is 11.9 Å². The quantitative estimate of drug-likeness (QED) is 0.271. The molecule has 4 aromatic rings. The third kappa shape index (κ3) is 4.26. The molecular weight excluding hydrogens is 454 g/mol. The summed E-state index contributed by atoms with van der Waals surface area (Å²) in [5.74, 6) is -0.667. The first-order valence-electron chi connectivity index (χ1n) is 10.7. The van der Waals surface area contributed by atoms with Crippen LogP contribution in [0.2, 0.25) is 0 Å². The van der Waals surface area contributed by atoms with Crippen molar-refractivity contribution < 1.29 is 23.8 Å². The van der Waals surface area contributed by atoms with Gasteiger partial charge in [0.1, 0.15) is 0 Å². The predicted octanol–water partition coefficient (Wildman–Crippen LogP) is 5.37. The second-order valence-electron chi connectivity index (χ2n) is 8.05. The molecule has 0 unspecified atom stereocenters. The molecular formula is C25H25N3O5S. The minimum Gasteiger partial charge on any atom is -0.493 e. The second-order valence-corrected chi connectivity index (χ2v) is 9.51. The maximum absolute atomic E-state index is 13.4. The molecule has 0 spiro atoms. The molecule has 3 heterocycles. The van der Waals surface area contributed by atoms with Crippen molar-refractivity contribution in [2.75, 3.05) is 14.2 Å². The molecule has 4 rings (SSSR count). The molecule has 0 aliphatic heterocycles. The fourth-order valence-corrected chi connectivity index (χ4v) is 4.67. The highest BCUT2D eigenvalue weighted by atomic mass is 32.1. The van der Waals surface area contributed by atoms with Crippen LogP contribution in [0.15, 0.2) is 36.5 Å². The number of aromatic nitrogens is 3. The van der Waals surface area contributed by atoms with Gasteiger partial charge in [-0.2, -0.15) is 5.10 Å². The van der Waals surface area contributed by atoms with Crippen LogP contribution in [0.1, 0.15) is 50.4 Å². The van der Waals surface area contributed by atoms with Gasteiger partial charge in [0.25, 0.3) is 0 Å². The van der Waals surface area contributed by atoms with Crippen LogP contribution in [0.3, 0.4) is 0 Å². The SMILES string of the molecule is COC(=O)c1ccc(OC(=O)c2cc(-c3cc(C)sc3C)nc3c2cnn3C(C)C)c(OC)c1. The average molecular weight is 480 g/mol. The van der Waals surface area contributed by atoms with Gasteiger partial charge in [-0.05, 0) is 58.0 Å². The Morgan fingerprint density at radius 1 is 1.03 bits per heavy atom. The van der Waals surface area contributed by atoms with Crippen molar-refractivity contribution in [3.05, 3.63) is 57.4 Å². The Bertz CT molecular complexity index is 1400. The van der Waals surface area contributed by atoms with Gasteiger partial charge in [0.2, 0.25) is 0 Å². The number of ether oxygens (including phenoxy) is 3. The Morgan fingerprint density at radius 3 is 2.41 bits per heavy atom. The van der Waals surface area contributed by atoms with Crippen molar-refractivity contribution in [3.63, 3.8) is 0 Å². The average Bonchev–Trinajstić information content (AvgIpc) is 3.40. The molecule has 0 saturated carbocycles. The third-order valence-corrected chi connectivity index (χ3v) is 6.35. The van der Waals surface area contributed by atoms with Crippen LogP contribution in [0.5, 0.6) is 11.5 Å². The Balaban J connectivity index is 1.81. The molecule has 176 valence electrons. The molecule has 8 nitrogen and oxygen atoms in total. The number of methoxy groups -OCH3 is 2. The summed E-state index contributed by atoms with van der Waals surface area (Å²) < 4.78 is 17.6. The summed E-state index contributed by atoms with van der Waals surface area (Å²) in [6, 6.07) is 8.34. The lowest BCUT2D eigenvalue weighted by atomic mass is 10.1. The fourth-order valence-electron chi connectivity index (χ4n) is 3.74. The first-order valence-corrected chi connectivity index (χ1v) is 11.5. The molecule has 0 atom stereocenters. The van der Waals surface area contributed by atoms with Crippen molar-refractivity contribution in [1.82, 2.24) is 14.8 Å². The number of carbonyl (C=O) groups is 2. The summed E-state index contributed by atoms with van der Waals surface area (Å²) in [5, 5.41) is 5.05. The van der Waals surface area contributed by atoms with Crippen molar-refractivity contribution in [2.45, 2.75) is 33.7 Å². The van der Waals surface area contributed by atoms with Crippen molar-refractivity contribution in [2.24, 2.45) is 0 Å². The number of hydrogen-bond donors (Lipinski definition) is 0. The van der Waals surface area contributed by atoms with Gasteiger partial charge in [0.05, 0.1) is 42.6 Å². The largest absolute Gasteiger partial charge is 0.493 e. The van der Waals surface area contributed by atoms with Crippen LogP contribution < -0.4 is 9.47 Å². The highest BCUT2D eigenvalue weighted by molar-refractivity contribution is 7.12. The molecule has 9 heteroatoms. The zero-order valence-corrected chi connectivity index (χ0v) is 20.6. The Hall–Kier alpha value is -3.72. The van der Waals surface area contributed by atoms with E-state index in [1.807, 2.05) is 27.7 Å². The summed E-state index contributed by atoms with van der Waals surface area (Å²) in [5.41, 5.74) is 2.88. The van der Waals surface area contributed by atoms with Crippen molar-refractivity contribution in [3.8, 4) is 22.8 Å². The van der Waals surface area contributed by atoms with E-state index in [4.69, 9.17) is 19.2 Å². The molecule has 0 aliphatic carbocycles. The van der Waals surface area contributed by atoms with Gasteiger partial charge in [-0.1, -0.05) is 0 Å². The van der Waals surface area contributed by atoms with Gasteiger partial charge in [-0.15, -0.1) is 11.3 Å². The lowest BCUT2D eigenvalue weighted by Crippen LogP contribution is -2.12. The van der Waals surface area contributed by atoms with E-state index in [9.17, 15) is 9.59 Å². The summed E-state index contributed by atoms with van der Waals surface area (Å²) in [6.07, 6.45) is 1.63. The molecule has 0 saturated heterocycles. The molecule has 0 N–H and O–H groups in total. The molecule has 0 radical (unpaired) electrons. The Kier molecular flexibility index (Phi) is 6.39. The van der Waals surface area contributed by atoms with Gasteiger partial charge in [-0.3, -0.25) is 0 Å². The lowest BCUT2D eigenvalue weighted by Gasteiger charge is -2.12. The number of hydrogen-bond acceptors (Lipinski definition) is 8. The zero-order valence-electron chi connectivity index (χ0n) is 19.8. The van der Waals surface area contributed by atoms with E-state index in [0.29, 0.717) is 22.3 Å². The zero-order chi connectivity index (χ0) is 24.6. The molecule has 0 amide bonds. The minimum atomic E-state index is -0.578.